The largest absolute Gasteiger partial charge is 0.444 e. The predicted molar refractivity (Wildman–Crippen MR) is 87.8 cm³/mol. The van der Waals surface area contributed by atoms with Crippen LogP contribution in [0.5, 0.6) is 0 Å². The highest BCUT2D eigenvalue weighted by atomic mass is 16.6. The smallest absolute Gasteiger partial charge is 0.407 e. The van der Waals surface area contributed by atoms with E-state index in [1.165, 1.54) is 0 Å². The Balaban J connectivity index is 1.97. The third-order valence-corrected chi connectivity index (χ3v) is 3.31. The Morgan fingerprint density at radius 3 is 2.78 bits per heavy atom. The summed E-state index contributed by atoms with van der Waals surface area (Å²) >= 11 is 0. The summed E-state index contributed by atoms with van der Waals surface area (Å²) in [5.74, 6) is 0.917. The van der Waals surface area contributed by atoms with Gasteiger partial charge in [0.1, 0.15) is 18.5 Å². The first-order valence-electron chi connectivity index (χ1n) is 7.70. The number of carbonyl (C=O) groups excluding carboxylic acids is 1. The van der Waals surface area contributed by atoms with E-state index >= 15 is 0 Å². The Hall–Kier alpha value is -2.37. The van der Waals surface area contributed by atoms with Gasteiger partial charge in [0, 0.05) is 38.3 Å². The minimum Gasteiger partial charge on any atom is -0.444 e. The van der Waals surface area contributed by atoms with Crippen LogP contribution in [0.4, 0.5) is 4.79 Å². The van der Waals surface area contributed by atoms with Crippen LogP contribution < -0.4 is 9.88 Å². The highest BCUT2D eigenvalue weighted by Crippen LogP contribution is 2.14. The lowest BCUT2D eigenvalue weighted by atomic mass is 10.2. The Labute approximate surface area is 137 Å². The monoisotopic (exact) mass is 317 g/mol. The van der Waals surface area contributed by atoms with E-state index in [1.54, 1.807) is 0 Å². The number of carbonyl (C=O) groups is 1. The minimum atomic E-state index is -0.484. The molecule has 0 atom stereocenters. The van der Waals surface area contributed by atoms with E-state index in [0.29, 0.717) is 13.0 Å². The summed E-state index contributed by atoms with van der Waals surface area (Å²) in [5.41, 5.74) is 1.49. The van der Waals surface area contributed by atoms with Crippen molar-refractivity contribution in [2.45, 2.75) is 32.8 Å². The van der Waals surface area contributed by atoms with Crippen LogP contribution >= 0.6 is 0 Å². The molecule has 0 unspecified atom stereocenters. The molecule has 2 aromatic heterocycles. The van der Waals surface area contributed by atoms with Gasteiger partial charge < -0.3 is 14.6 Å². The lowest BCUT2D eigenvalue weighted by molar-refractivity contribution is -0.660. The van der Waals surface area contributed by atoms with Crippen LogP contribution in [-0.4, -0.2) is 27.8 Å². The van der Waals surface area contributed by atoms with Gasteiger partial charge in [0.15, 0.2) is 11.9 Å². The lowest BCUT2D eigenvalue weighted by Gasteiger charge is -2.19. The summed E-state index contributed by atoms with van der Waals surface area (Å²) in [6.07, 6.45) is 4.24. The van der Waals surface area contributed by atoms with Gasteiger partial charge in [-0.2, -0.15) is 4.57 Å². The van der Waals surface area contributed by atoms with Gasteiger partial charge in [-0.15, -0.1) is 0 Å². The molecule has 1 N–H and O–H groups in total. The first-order chi connectivity index (χ1) is 10.8. The maximum Gasteiger partial charge on any atom is 0.407 e. The summed E-state index contributed by atoms with van der Waals surface area (Å²) in [6, 6.07) is 6.01. The van der Waals surface area contributed by atoms with Gasteiger partial charge in [-0.25, -0.2) is 9.78 Å². The molecule has 0 saturated heterocycles. The van der Waals surface area contributed by atoms with E-state index in [9.17, 15) is 4.79 Å². The Bertz CT molecular complexity index is 686. The molecule has 0 aliphatic rings. The molecule has 2 rings (SSSR count). The lowest BCUT2D eigenvalue weighted by Crippen LogP contribution is -2.33. The number of ether oxygens (including phenoxy) is 1. The summed E-state index contributed by atoms with van der Waals surface area (Å²) in [4.78, 5) is 16.3. The predicted octanol–water partition coefficient (Wildman–Crippen LogP) is 1.98. The van der Waals surface area contributed by atoms with E-state index < -0.39 is 11.7 Å². The third-order valence-electron chi connectivity index (χ3n) is 3.31. The van der Waals surface area contributed by atoms with Crippen LogP contribution in [0.3, 0.4) is 0 Å². The number of hydrogen-bond acceptors (Lipinski definition) is 3. The van der Waals surface area contributed by atoms with Crippen molar-refractivity contribution in [2.24, 2.45) is 14.1 Å². The highest BCUT2D eigenvalue weighted by molar-refractivity contribution is 5.67. The van der Waals surface area contributed by atoms with Gasteiger partial charge in [0.2, 0.25) is 5.69 Å². The van der Waals surface area contributed by atoms with E-state index in [-0.39, 0.29) is 0 Å². The van der Waals surface area contributed by atoms with Crippen molar-refractivity contribution in [1.82, 2.24) is 14.9 Å². The maximum absolute atomic E-state index is 11.6. The van der Waals surface area contributed by atoms with Crippen LogP contribution in [0.15, 0.2) is 30.6 Å². The fourth-order valence-corrected chi connectivity index (χ4v) is 2.24. The molecule has 0 saturated carbocycles. The number of rotatable bonds is 4. The standard InChI is InChI=1S/C17H24N4O2/c1-17(2,3)23-16(22)18-10-9-15-19-13(12-21(15)5)14-8-6-7-11-20(14)4/h6-8,11-12H,9-10H2,1-5H3/p+1. The normalized spacial score (nSPS) is 11.3. The van der Waals surface area contributed by atoms with Gasteiger partial charge in [0.05, 0.1) is 0 Å². The van der Waals surface area contributed by atoms with Crippen LogP contribution in [0.1, 0.15) is 26.6 Å². The number of amides is 1. The second-order valence-corrected chi connectivity index (χ2v) is 6.53. The molecule has 2 aromatic rings. The Kier molecular flexibility index (Phi) is 5.03. The topological polar surface area (TPSA) is 60.0 Å². The minimum absolute atomic E-state index is 0.401. The van der Waals surface area contributed by atoms with Gasteiger partial charge in [0.25, 0.3) is 0 Å². The highest BCUT2D eigenvalue weighted by Gasteiger charge is 2.17. The molecule has 124 valence electrons. The first-order valence-corrected chi connectivity index (χ1v) is 7.70. The molecule has 6 heteroatoms. The van der Waals surface area contributed by atoms with Crippen molar-refractivity contribution in [2.75, 3.05) is 6.54 Å². The molecule has 0 aromatic carbocycles. The van der Waals surface area contributed by atoms with E-state index in [1.807, 2.05) is 74.6 Å². The maximum atomic E-state index is 11.6. The number of aryl methyl sites for hydroxylation is 2. The van der Waals surface area contributed by atoms with Gasteiger partial charge in [-0.1, -0.05) is 0 Å². The van der Waals surface area contributed by atoms with Crippen molar-refractivity contribution < 1.29 is 14.1 Å². The van der Waals surface area contributed by atoms with Crippen molar-refractivity contribution in [3.05, 3.63) is 36.4 Å². The number of imidazole rings is 1. The molecule has 0 aliphatic heterocycles. The third kappa shape index (κ3) is 4.81. The molecule has 23 heavy (non-hydrogen) atoms. The average Bonchev–Trinajstić information content (AvgIpc) is 2.78. The van der Waals surface area contributed by atoms with E-state index in [4.69, 9.17) is 4.74 Å². The molecule has 0 aliphatic carbocycles. The Morgan fingerprint density at radius 2 is 2.13 bits per heavy atom. The number of nitrogens with one attached hydrogen (secondary N) is 1. The second-order valence-electron chi connectivity index (χ2n) is 6.53. The molecule has 0 bridgehead atoms. The van der Waals surface area contributed by atoms with Gasteiger partial charge in [-0.3, -0.25) is 0 Å². The van der Waals surface area contributed by atoms with Crippen LogP contribution in [0, 0.1) is 0 Å². The van der Waals surface area contributed by atoms with E-state index in [0.717, 1.165) is 17.2 Å². The van der Waals surface area contributed by atoms with Gasteiger partial charge >= 0.3 is 6.09 Å². The summed E-state index contributed by atoms with van der Waals surface area (Å²) in [5, 5.41) is 2.76. The zero-order valence-corrected chi connectivity index (χ0v) is 14.5. The van der Waals surface area contributed by atoms with Crippen molar-refractivity contribution in [3.8, 4) is 11.4 Å². The summed E-state index contributed by atoms with van der Waals surface area (Å²) < 4.78 is 9.23. The zero-order valence-electron chi connectivity index (χ0n) is 14.5. The SMILES string of the molecule is Cn1cc(-c2cccc[n+]2C)nc1CCNC(=O)OC(C)(C)C. The zero-order chi connectivity index (χ0) is 17.0. The number of aromatic nitrogens is 3. The molecule has 0 radical (unpaired) electrons. The number of nitrogens with zero attached hydrogens (tertiary/aromatic N) is 3. The number of alkyl carbamates (subject to hydrolysis) is 1. The molecule has 1 amide bonds. The molecule has 0 fully saturated rings. The van der Waals surface area contributed by atoms with Crippen LogP contribution in [0.25, 0.3) is 11.4 Å². The van der Waals surface area contributed by atoms with Crippen molar-refractivity contribution in [1.29, 1.82) is 0 Å². The molecular weight excluding hydrogens is 292 g/mol. The van der Waals surface area contributed by atoms with Crippen molar-refractivity contribution >= 4 is 6.09 Å². The molecule has 0 spiro atoms. The molecule has 2 heterocycles. The fourth-order valence-electron chi connectivity index (χ4n) is 2.24. The summed E-state index contributed by atoms with van der Waals surface area (Å²) in [6.45, 7) is 6.02. The average molecular weight is 317 g/mol. The molecule has 6 nitrogen and oxygen atoms in total. The molecular formula is C17H25N4O2+. The second kappa shape index (κ2) is 6.81. The summed E-state index contributed by atoms with van der Waals surface area (Å²) in [7, 11) is 3.95. The number of pyridine rings is 1. The van der Waals surface area contributed by atoms with Crippen LogP contribution in [0.2, 0.25) is 0 Å². The number of hydrogen-bond donors (Lipinski definition) is 1. The first kappa shape index (κ1) is 17.0. The Morgan fingerprint density at radius 1 is 1.39 bits per heavy atom. The van der Waals surface area contributed by atoms with E-state index in [2.05, 4.69) is 10.3 Å². The quantitative estimate of drug-likeness (QED) is 0.877. The van der Waals surface area contributed by atoms with Crippen molar-refractivity contribution in [3.63, 3.8) is 0 Å². The fraction of sp³-hybridized carbons (Fsp3) is 0.471. The van der Waals surface area contributed by atoms with Crippen LogP contribution in [-0.2, 0) is 25.3 Å². The van der Waals surface area contributed by atoms with Gasteiger partial charge in [-0.05, 0) is 26.8 Å².